The molecule has 0 saturated heterocycles. The molecule has 0 aromatic carbocycles. The van der Waals surface area contributed by atoms with E-state index in [2.05, 4.69) is 9.97 Å². The van der Waals surface area contributed by atoms with Crippen LogP contribution in [0.15, 0.2) is 40.3 Å². The third-order valence-corrected chi connectivity index (χ3v) is 4.38. The highest BCUT2D eigenvalue weighted by Gasteiger charge is 2.17. The summed E-state index contributed by atoms with van der Waals surface area (Å²) < 4.78 is 3.79. The first kappa shape index (κ1) is 17.6. The number of imidazole rings is 1. The zero-order chi connectivity index (χ0) is 18.8. The molecule has 0 aliphatic heterocycles. The Kier molecular flexibility index (Phi) is 4.70. The molecule has 0 radical (unpaired) electrons. The summed E-state index contributed by atoms with van der Waals surface area (Å²) in [6.07, 6.45) is 3.77. The van der Waals surface area contributed by atoms with Gasteiger partial charge in [0.15, 0.2) is 11.2 Å². The molecule has 0 aliphatic carbocycles. The summed E-state index contributed by atoms with van der Waals surface area (Å²) in [6.45, 7) is 0.488. The van der Waals surface area contributed by atoms with Gasteiger partial charge in [0, 0.05) is 46.0 Å². The van der Waals surface area contributed by atoms with Crippen LogP contribution in [0.1, 0.15) is 5.69 Å². The molecule has 0 spiro atoms. The predicted octanol–water partition coefficient (Wildman–Crippen LogP) is -0.470. The molecular weight excluding hydrogens is 336 g/mol. The maximum absolute atomic E-state index is 12.5. The number of hydrogen-bond donors (Lipinski definition) is 0. The average molecular weight is 356 g/mol. The summed E-state index contributed by atoms with van der Waals surface area (Å²) in [5, 5.41) is 0. The lowest BCUT2D eigenvalue weighted by Gasteiger charge is -2.17. The summed E-state index contributed by atoms with van der Waals surface area (Å²) in [4.78, 5) is 46.8. The van der Waals surface area contributed by atoms with Gasteiger partial charge < -0.3 is 9.47 Å². The molecule has 9 nitrogen and oxygen atoms in total. The first-order valence-corrected chi connectivity index (χ1v) is 8.15. The van der Waals surface area contributed by atoms with E-state index >= 15 is 0 Å². The maximum Gasteiger partial charge on any atom is 0.332 e. The van der Waals surface area contributed by atoms with Crippen LogP contribution in [0.5, 0.6) is 0 Å². The highest BCUT2D eigenvalue weighted by molar-refractivity contribution is 5.78. The summed E-state index contributed by atoms with van der Waals surface area (Å²) in [7, 11) is 4.66. The molecule has 0 fully saturated rings. The van der Waals surface area contributed by atoms with Crippen LogP contribution >= 0.6 is 0 Å². The summed E-state index contributed by atoms with van der Waals surface area (Å²) >= 11 is 0. The van der Waals surface area contributed by atoms with Gasteiger partial charge in [0.1, 0.15) is 6.54 Å². The van der Waals surface area contributed by atoms with Crippen LogP contribution in [0.25, 0.3) is 11.2 Å². The molecule has 1 amide bonds. The number of fused-ring (bicyclic) bond motifs is 1. The van der Waals surface area contributed by atoms with Crippen molar-refractivity contribution in [2.75, 3.05) is 13.6 Å². The number of hydrogen-bond acceptors (Lipinski definition) is 5. The Bertz CT molecular complexity index is 1060. The van der Waals surface area contributed by atoms with Crippen molar-refractivity contribution in [1.82, 2.24) is 28.6 Å². The number of carbonyl (C=O) groups excluding carboxylic acids is 1. The van der Waals surface area contributed by atoms with Crippen molar-refractivity contribution in [2.24, 2.45) is 14.1 Å². The Labute approximate surface area is 149 Å². The van der Waals surface area contributed by atoms with E-state index < -0.39 is 11.2 Å². The van der Waals surface area contributed by atoms with Crippen molar-refractivity contribution in [3.8, 4) is 0 Å². The van der Waals surface area contributed by atoms with Crippen LogP contribution in [-0.2, 0) is 31.9 Å². The van der Waals surface area contributed by atoms with Crippen molar-refractivity contribution in [2.45, 2.75) is 13.0 Å². The minimum absolute atomic E-state index is 0.0251. The summed E-state index contributed by atoms with van der Waals surface area (Å²) in [6, 6.07) is 5.66. The Balaban J connectivity index is 1.79. The molecule has 0 bridgehead atoms. The maximum atomic E-state index is 12.5. The number of pyridine rings is 1. The lowest BCUT2D eigenvalue weighted by atomic mass is 10.2. The molecule has 0 saturated carbocycles. The number of aromatic nitrogens is 5. The molecule has 3 rings (SSSR count). The highest BCUT2D eigenvalue weighted by Crippen LogP contribution is 2.06. The van der Waals surface area contributed by atoms with Gasteiger partial charge >= 0.3 is 5.69 Å². The molecule has 0 N–H and O–H groups in total. The molecule has 9 heteroatoms. The van der Waals surface area contributed by atoms with E-state index in [1.807, 2.05) is 18.2 Å². The summed E-state index contributed by atoms with van der Waals surface area (Å²) in [5.74, 6) is -0.156. The van der Waals surface area contributed by atoms with Gasteiger partial charge in [-0.05, 0) is 12.1 Å². The van der Waals surface area contributed by atoms with Gasteiger partial charge in [-0.2, -0.15) is 0 Å². The fourth-order valence-corrected chi connectivity index (χ4v) is 2.74. The summed E-state index contributed by atoms with van der Waals surface area (Å²) in [5.41, 5.74) is 0.489. The van der Waals surface area contributed by atoms with E-state index in [9.17, 15) is 14.4 Å². The van der Waals surface area contributed by atoms with E-state index in [0.29, 0.717) is 13.0 Å². The van der Waals surface area contributed by atoms with E-state index in [-0.39, 0.29) is 23.6 Å². The van der Waals surface area contributed by atoms with E-state index in [1.165, 1.54) is 22.5 Å². The van der Waals surface area contributed by atoms with E-state index in [1.54, 1.807) is 25.2 Å². The van der Waals surface area contributed by atoms with Crippen LogP contribution in [0.3, 0.4) is 0 Å². The molecule has 0 aliphatic rings. The van der Waals surface area contributed by atoms with Crippen molar-refractivity contribution < 1.29 is 4.79 Å². The van der Waals surface area contributed by atoms with Crippen LogP contribution in [0.4, 0.5) is 0 Å². The number of amides is 1. The molecule has 26 heavy (non-hydrogen) atoms. The Morgan fingerprint density at radius 3 is 2.62 bits per heavy atom. The number of likely N-dealkylation sites (N-methyl/N-ethyl adjacent to an activating group) is 1. The highest BCUT2D eigenvalue weighted by atomic mass is 16.2. The molecule has 3 heterocycles. The normalized spacial score (nSPS) is 11.0. The number of rotatable bonds is 5. The second kappa shape index (κ2) is 6.95. The van der Waals surface area contributed by atoms with Crippen molar-refractivity contribution in [3.05, 3.63) is 57.3 Å². The quantitative estimate of drug-likeness (QED) is 0.616. The van der Waals surface area contributed by atoms with Crippen LogP contribution < -0.4 is 11.2 Å². The van der Waals surface area contributed by atoms with Crippen LogP contribution in [-0.4, -0.2) is 48.1 Å². The Hall–Kier alpha value is -3.23. The molecular formula is C17H20N6O3. The third-order valence-electron chi connectivity index (χ3n) is 4.38. The van der Waals surface area contributed by atoms with Crippen molar-refractivity contribution >= 4 is 17.1 Å². The fraction of sp³-hybridized carbons (Fsp3) is 0.353. The SMILES string of the molecule is CN(CCc1ccccn1)C(=O)Cn1cnc2c1c(=O)n(C)c(=O)n2C. The van der Waals surface area contributed by atoms with Crippen molar-refractivity contribution in [1.29, 1.82) is 0 Å². The van der Waals surface area contributed by atoms with Gasteiger partial charge in [0.2, 0.25) is 5.91 Å². The Morgan fingerprint density at radius 1 is 1.15 bits per heavy atom. The minimum atomic E-state index is -0.468. The zero-order valence-electron chi connectivity index (χ0n) is 14.9. The van der Waals surface area contributed by atoms with Crippen molar-refractivity contribution in [3.63, 3.8) is 0 Å². The second-order valence-corrected chi connectivity index (χ2v) is 6.14. The largest absolute Gasteiger partial charge is 0.344 e. The van der Waals surface area contributed by atoms with E-state index in [4.69, 9.17) is 0 Å². The van der Waals surface area contributed by atoms with E-state index in [0.717, 1.165) is 10.3 Å². The predicted molar refractivity (Wildman–Crippen MR) is 95.8 cm³/mol. The smallest absolute Gasteiger partial charge is 0.332 e. The van der Waals surface area contributed by atoms with Crippen LogP contribution in [0.2, 0.25) is 0 Å². The molecule has 136 valence electrons. The first-order valence-electron chi connectivity index (χ1n) is 8.15. The molecule has 3 aromatic heterocycles. The average Bonchev–Trinajstić information content (AvgIpc) is 3.07. The van der Waals surface area contributed by atoms with Gasteiger partial charge in [-0.25, -0.2) is 9.78 Å². The van der Waals surface area contributed by atoms with Gasteiger partial charge in [0.25, 0.3) is 5.56 Å². The van der Waals surface area contributed by atoms with Gasteiger partial charge in [-0.1, -0.05) is 6.07 Å². The second-order valence-electron chi connectivity index (χ2n) is 6.14. The number of carbonyl (C=O) groups is 1. The zero-order valence-corrected chi connectivity index (χ0v) is 14.9. The lowest BCUT2D eigenvalue weighted by molar-refractivity contribution is -0.130. The monoisotopic (exact) mass is 356 g/mol. The molecule has 0 atom stereocenters. The van der Waals surface area contributed by atoms with Gasteiger partial charge in [-0.3, -0.25) is 23.7 Å². The Morgan fingerprint density at radius 2 is 1.92 bits per heavy atom. The molecule has 0 unspecified atom stereocenters. The topological polar surface area (TPSA) is 95.0 Å². The fourth-order valence-electron chi connectivity index (χ4n) is 2.74. The first-order chi connectivity index (χ1) is 12.4. The lowest BCUT2D eigenvalue weighted by Crippen LogP contribution is -2.38. The van der Waals surface area contributed by atoms with Crippen LogP contribution in [0, 0.1) is 0 Å². The standard InChI is InChI=1S/C17H20N6O3/c1-20(9-7-12-6-4-5-8-18-12)13(24)10-23-11-19-15-14(23)16(25)22(3)17(26)21(15)2/h4-6,8,11H,7,9-10H2,1-3H3. The third kappa shape index (κ3) is 3.15. The number of nitrogens with zero attached hydrogens (tertiary/aromatic N) is 6. The number of aryl methyl sites for hydroxylation is 1. The molecule has 3 aromatic rings. The van der Waals surface area contributed by atoms with Gasteiger partial charge in [0.05, 0.1) is 6.33 Å². The van der Waals surface area contributed by atoms with Gasteiger partial charge in [-0.15, -0.1) is 0 Å². The minimum Gasteiger partial charge on any atom is -0.344 e.